The van der Waals surface area contributed by atoms with Crippen LogP contribution in [0.25, 0.3) is 0 Å². The fraction of sp³-hybridized carbons (Fsp3) is 0.714. The second kappa shape index (κ2) is 9.61. The van der Waals surface area contributed by atoms with Gasteiger partial charge in [-0.15, -0.1) is 0 Å². The molecule has 0 aromatic heterocycles. The molecule has 2 nitrogen and oxygen atoms in total. The minimum atomic E-state index is -0.105. The van der Waals surface area contributed by atoms with Crippen LogP contribution in [0.15, 0.2) is 23.3 Å². The van der Waals surface area contributed by atoms with Crippen LogP contribution in [0.2, 0.25) is 0 Å². The molecule has 0 N–H and O–H groups in total. The number of ether oxygens (including phenoxy) is 2. The quantitative estimate of drug-likeness (QED) is 0.458. The normalized spacial score (nSPS) is 13.7. The van der Waals surface area contributed by atoms with Gasteiger partial charge in [-0.3, -0.25) is 0 Å². The lowest BCUT2D eigenvalue weighted by molar-refractivity contribution is -0.118. The van der Waals surface area contributed by atoms with Gasteiger partial charge in [-0.2, -0.15) is 0 Å². The molecule has 1 atom stereocenters. The maximum atomic E-state index is 5.47. The summed E-state index contributed by atoms with van der Waals surface area (Å²) in [4.78, 5) is 0. The van der Waals surface area contributed by atoms with Crippen molar-refractivity contribution in [3.63, 3.8) is 0 Å². The molecule has 0 aliphatic heterocycles. The lowest BCUT2D eigenvalue weighted by Crippen LogP contribution is -2.12. The third-order valence-electron chi connectivity index (χ3n) is 2.26. The van der Waals surface area contributed by atoms with E-state index in [1.165, 1.54) is 11.1 Å². The summed E-state index contributed by atoms with van der Waals surface area (Å²) in [7, 11) is 0. The molecule has 0 bridgehead atoms. The molecule has 0 fully saturated rings. The molecular formula is C14H26O2. The van der Waals surface area contributed by atoms with Gasteiger partial charge in [0.05, 0.1) is 6.61 Å². The van der Waals surface area contributed by atoms with Crippen LogP contribution < -0.4 is 0 Å². The van der Waals surface area contributed by atoms with Gasteiger partial charge >= 0.3 is 0 Å². The van der Waals surface area contributed by atoms with Crippen LogP contribution >= 0.6 is 0 Å². The molecule has 94 valence electrons. The van der Waals surface area contributed by atoms with E-state index >= 15 is 0 Å². The van der Waals surface area contributed by atoms with Gasteiger partial charge in [0.2, 0.25) is 0 Å². The van der Waals surface area contributed by atoms with Crippen LogP contribution in [-0.4, -0.2) is 19.5 Å². The van der Waals surface area contributed by atoms with E-state index in [0.717, 1.165) is 12.8 Å². The second-order valence-electron chi connectivity index (χ2n) is 4.23. The van der Waals surface area contributed by atoms with Gasteiger partial charge in [0.1, 0.15) is 0 Å². The van der Waals surface area contributed by atoms with Gasteiger partial charge in [-0.05, 0) is 47.5 Å². The highest BCUT2D eigenvalue weighted by Crippen LogP contribution is 2.06. The molecule has 0 aliphatic carbocycles. The van der Waals surface area contributed by atoms with Crippen molar-refractivity contribution in [3.05, 3.63) is 23.3 Å². The molecule has 0 aromatic rings. The molecule has 0 spiro atoms. The lowest BCUT2D eigenvalue weighted by atomic mass is 10.1. The topological polar surface area (TPSA) is 18.5 Å². The first-order valence-corrected chi connectivity index (χ1v) is 6.08. The van der Waals surface area contributed by atoms with Crippen LogP contribution in [0.5, 0.6) is 0 Å². The van der Waals surface area contributed by atoms with E-state index < -0.39 is 0 Å². The van der Waals surface area contributed by atoms with Gasteiger partial charge in [0.15, 0.2) is 6.29 Å². The highest BCUT2D eigenvalue weighted by atomic mass is 16.7. The molecule has 0 radical (unpaired) electrons. The van der Waals surface area contributed by atoms with Crippen molar-refractivity contribution >= 4 is 0 Å². The molecule has 0 aliphatic rings. The van der Waals surface area contributed by atoms with Crippen molar-refractivity contribution in [2.24, 2.45) is 0 Å². The number of rotatable bonds is 8. The van der Waals surface area contributed by atoms with E-state index in [4.69, 9.17) is 9.47 Å². The second-order valence-corrected chi connectivity index (χ2v) is 4.23. The Morgan fingerprint density at radius 1 is 1.12 bits per heavy atom. The summed E-state index contributed by atoms with van der Waals surface area (Å²) < 4.78 is 10.7. The molecule has 0 amide bonds. The van der Waals surface area contributed by atoms with E-state index in [0.29, 0.717) is 13.2 Å². The maximum Gasteiger partial charge on any atom is 0.155 e. The molecule has 0 rings (SSSR count). The van der Waals surface area contributed by atoms with Gasteiger partial charge in [-0.1, -0.05) is 23.3 Å². The van der Waals surface area contributed by atoms with E-state index in [-0.39, 0.29) is 6.29 Å². The van der Waals surface area contributed by atoms with Crippen LogP contribution in [0.3, 0.4) is 0 Å². The zero-order chi connectivity index (χ0) is 12.4. The highest BCUT2D eigenvalue weighted by molar-refractivity contribution is 5.02. The van der Waals surface area contributed by atoms with Gasteiger partial charge in [0.25, 0.3) is 0 Å². The minimum absolute atomic E-state index is 0.105. The van der Waals surface area contributed by atoms with Gasteiger partial charge < -0.3 is 9.47 Å². The SMILES string of the molecule is CCOC(C)OC/C=C(/C)CCC=C(C)C. The monoisotopic (exact) mass is 226 g/mol. The van der Waals surface area contributed by atoms with E-state index in [9.17, 15) is 0 Å². The first kappa shape index (κ1) is 15.4. The summed E-state index contributed by atoms with van der Waals surface area (Å²) in [6.45, 7) is 11.6. The molecule has 0 saturated heterocycles. The summed E-state index contributed by atoms with van der Waals surface area (Å²) >= 11 is 0. The minimum Gasteiger partial charge on any atom is -0.353 e. The molecular weight excluding hydrogens is 200 g/mol. The Morgan fingerprint density at radius 2 is 1.81 bits per heavy atom. The van der Waals surface area contributed by atoms with Crippen molar-refractivity contribution < 1.29 is 9.47 Å². The zero-order valence-corrected chi connectivity index (χ0v) is 11.4. The zero-order valence-electron chi connectivity index (χ0n) is 11.4. The van der Waals surface area contributed by atoms with Crippen molar-refractivity contribution in [2.45, 2.75) is 53.8 Å². The van der Waals surface area contributed by atoms with Crippen LogP contribution in [0.4, 0.5) is 0 Å². The molecule has 1 unspecified atom stereocenters. The Morgan fingerprint density at radius 3 is 2.38 bits per heavy atom. The summed E-state index contributed by atoms with van der Waals surface area (Å²) in [6.07, 6.45) is 6.52. The number of hydrogen-bond acceptors (Lipinski definition) is 2. The summed E-state index contributed by atoms with van der Waals surface area (Å²) in [6, 6.07) is 0. The van der Waals surface area contributed by atoms with Gasteiger partial charge in [0, 0.05) is 6.61 Å². The third-order valence-corrected chi connectivity index (χ3v) is 2.26. The fourth-order valence-electron chi connectivity index (χ4n) is 1.30. The van der Waals surface area contributed by atoms with Crippen LogP contribution in [0, 0.1) is 0 Å². The molecule has 2 heteroatoms. The predicted octanol–water partition coefficient (Wildman–Crippen LogP) is 4.08. The smallest absolute Gasteiger partial charge is 0.155 e. The Bertz CT molecular complexity index is 225. The fourth-order valence-corrected chi connectivity index (χ4v) is 1.30. The molecule has 0 saturated carbocycles. The van der Waals surface area contributed by atoms with E-state index in [2.05, 4.69) is 32.9 Å². The summed E-state index contributed by atoms with van der Waals surface area (Å²) in [5, 5.41) is 0. The van der Waals surface area contributed by atoms with Crippen LogP contribution in [0.1, 0.15) is 47.5 Å². The van der Waals surface area contributed by atoms with E-state index in [1.807, 2.05) is 13.8 Å². The van der Waals surface area contributed by atoms with Crippen molar-refractivity contribution in [2.75, 3.05) is 13.2 Å². The molecule has 16 heavy (non-hydrogen) atoms. The first-order valence-electron chi connectivity index (χ1n) is 6.08. The van der Waals surface area contributed by atoms with E-state index in [1.54, 1.807) is 0 Å². The Balaban J connectivity index is 3.66. The summed E-state index contributed by atoms with van der Waals surface area (Å²) in [5.41, 5.74) is 2.76. The average Bonchev–Trinajstić information content (AvgIpc) is 2.17. The largest absolute Gasteiger partial charge is 0.353 e. The predicted molar refractivity (Wildman–Crippen MR) is 69.5 cm³/mol. The molecule has 0 aromatic carbocycles. The Labute approximate surface area is 100 Å². The third kappa shape index (κ3) is 9.94. The van der Waals surface area contributed by atoms with Crippen LogP contribution in [-0.2, 0) is 9.47 Å². The van der Waals surface area contributed by atoms with Crippen molar-refractivity contribution in [1.82, 2.24) is 0 Å². The highest BCUT2D eigenvalue weighted by Gasteiger charge is 1.97. The Kier molecular flexibility index (Phi) is 9.25. The lowest BCUT2D eigenvalue weighted by Gasteiger charge is -2.11. The maximum absolute atomic E-state index is 5.47. The van der Waals surface area contributed by atoms with Gasteiger partial charge in [-0.25, -0.2) is 0 Å². The summed E-state index contributed by atoms with van der Waals surface area (Å²) in [5.74, 6) is 0. The first-order chi connectivity index (χ1) is 7.56. The number of allylic oxidation sites excluding steroid dienone is 3. The van der Waals surface area contributed by atoms with Crippen molar-refractivity contribution in [1.29, 1.82) is 0 Å². The van der Waals surface area contributed by atoms with Crippen molar-refractivity contribution in [3.8, 4) is 0 Å². The number of hydrogen-bond donors (Lipinski definition) is 0. The molecule has 0 heterocycles. The Hall–Kier alpha value is -0.600. The standard InChI is InChI=1S/C14H26O2/c1-6-15-14(5)16-11-10-13(4)9-7-8-12(2)3/h8,10,14H,6-7,9,11H2,1-5H3/b13-10-. The average molecular weight is 226 g/mol.